The van der Waals surface area contributed by atoms with Gasteiger partial charge in [0.25, 0.3) is 0 Å². The highest BCUT2D eigenvalue weighted by Gasteiger charge is 2.34. The minimum Gasteiger partial charge on any atom is -0.490 e. The Kier molecular flexibility index (Phi) is 9.22. The Morgan fingerprint density at radius 1 is 1.35 bits per heavy atom. The number of carbonyl (C=O) groups is 1. The average molecular weight is 335 g/mol. The van der Waals surface area contributed by atoms with Crippen LogP contribution in [0.2, 0.25) is 0 Å². The lowest BCUT2D eigenvalue weighted by atomic mass is 10.2. The molecular weight excluding hydrogens is 319 g/mol. The molecule has 1 atom stereocenters. The van der Waals surface area contributed by atoms with Crippen LogP contribution in [0.5, 0.6) is 5.75 Å². The van der Waals surface area contributed by atoms with Crippen molar-refractivity contribution < 1.29 is 37.7 Å². The normalized spacial score (nSPS) is 11.6. The maximum Gasteiger partial charge on any atom is 0.419 e. The summed E-state index contributed by atoms with van der Waals surface area (Å²) in [5.41, 5.74) is 3.15. The van der Waals surface area contributed by atoms with Gasteiger partial charge in [-0.15, -0.1) is 6.42 Å². The van der Waals surface area contributed by atoms with Crippen LogP contribution in [0.25, 0.3) is 0 Å². The summed E-state index contributed by atoms with van der Waals surface area (Å²) in [6.45, 7) is -0.383. The van der Waals surface area contributed by atoms with E-state index in [9.17, 15) is 18.3 Å². The number of alkyl halides is 3. The van der Waals surface area contributed by atoms with Crippen LogP contribution in [0.3, 0.4) is 0 Å². The Morgan fingerprint density at radius 3 is 2.43 bits per heavy atom. The van der Waals surface area contributed by atoms with E-state index < -0.39 is 23.9 Å². The van der Waals surface area contributed by atoms with Gasteiger partial charge in [0, 0.05) is 0 Å². The van der Waals surface area contributed by atoms with E-state index in [1.165, 1.54) is 18.2 Å². The van der Waals surface area contributed by atoms with Gasteiger partial charge in [-0.2, -0.15) is 13.2 Å². The molecule has 0 saturated heterocycles. The monoisotopic (exact) mass is 335 g/mol. The number of hydrogen-bond donors (Lipinski definition) is 3. The van der Waals surface area contributed by atoms with Crippen LogP contribution in [-0.2, 0) is 10.9 Å². The molecule has 1 unspecified atom stereocenters. The highest BCUT2D eigenvalue weighted by atomic mass is 19.4. The number of aliphatic hydroxyl groups is 1. The van der Waals surface area contributed by atoms with Crippen molar-refractivity contribution in [1.82, 2.24) is 0 Å². The lowest BCUT2D eigenvalue weighted by Gasteiger charge is -2.16. The van der Waals surface area contributed by atoms with Crippen LogP contribution in [0, 0.1) is 12.3 Å². The summed E-state index contributed by atoms with van der Waals surface area (Å²) in [5, 5.41) is 16.6. The topological polar surface area (TPSA) is 102 Å². The van der Waals surface area contributed by atoms with Crippen molar-refractivity contribution in [3.05, 3.63) is 29.8 Å². The summed E-state index contributed by atoms with van der Waals surface area (Å²) in [5.74, 6) is 1.88. The molecule has 9 heteroatoms. The first-order valence-electron chi connectivity index (χ1n) is 6.15. The van der Waals surface area contributed by atoms with Crippen molar-refractivity contribution in [2.24, 2.45) is 5.73 Å². The number of carboxylic acid groups (broad SMARTS) is 1. The predicted molar refractivity (Wildman–Crippen MR) is 74.8 cm³/mol. The molecule has 0 spiro atoms. The van der Waals surface area contributed by atoms with Gasteiger partial charge in [-0.1, -0.05) is 18.1 Å². The van der Waals surface area contributed by atoms with E-state index in [1.807, 2.05) is 0 Å². The summed E-state index contributed by atoms with van der Waals surface area (Å²) in [6, 6.07) is 4.79. The molecule has 0 saturated carbocycles. The number of amides is 1. The van der Waals surface area contributed by atoms with Crippen LogP contribution in [0.4, 0.5) is 18.0 Å². The molecule has 0 fully saturated rings. The molecule has 4 N–H and O–H groups in total. The van der Waals surface area contributed by atoms with Crippen molar-refractivity contribution in [3.63, 3.8) is 0 Å². The Balaban J connectivity index is 0.00000108. The number of aliphatic hydroxyl groups excluding tert-OH is 1. The number of para-hydroxylation sites is 1. The van der Waals surface area contributed by atoms with Gasteiger partial charge >= 0.3 is 12.3 Å². The third-order valence-electron chi connectivity index (χ3n) is 2.12. The van der Waals surface area contributed by atoms with E-state index in [4.69, 9.17) is 25.8 Å². The van der Waals surface area contributed by atoms with Gasteiger partial charge in [-0.05, 0) is 12.1 Å². The second-order valence-electron chi connectivity index (χ2n) is 4.02. The van der Waals surface area contributed by atoms with Crippen molar-refractivity contribution >= 4 is 6.09 Å². The largest absolute Gasteiger partial charge is 0.490 e. The summed E-state index contributed by atoms with van der Waals surface area (Å²) in [6.07, 6.45) is -1.94. The Labute approximate surface area is 130 Å². The SMILES string of the molecule is C#CCOCC(O)COc1ccccc1C(F)(F)F.NC(=O)O. The second kappa shape index (κ2) is 10.3. The van der Waals surface area contributed by atoms with Gasteiger partial charge < -0.3 is 25.4 Å². The van der Waals surface area contributed by atoms with Gasteiger partial charge in [0.2, 0.25) is 0 Å². The highest BCUT2D eigenvalue weighted by molar-refractivity contribution is 5.61. The summed E-state index contributed by atoms with van der Waals surface area (Å²) >= 11 is 0. The van der Waals surface area contributed by atoms with Gasteiger partial charge in [0.05, 0.1) is 12.2 Å². The lowest BCUT2D eigenvalue weighted by Crippen LogP contribution is -2.24. The molecular formula is C14H16F3NO5. The molecule has 1 aromatic carbocycles. The molecule has 0 aliphatic heterocycles. The first-order chi connectivity index (χ1) is 10.7. The third kappa shape index (κ3) is 10.00. The molecule has 23 heavy (non-hydrogen) atoms. The quantitative estimate of drug-likeness (QED) is 0.543. The van der Waals surface area contributed by atoms with Gasteiger partial charge in [-0.25, -0.2) is 4.79 Å². The van der Waals surface area contributed by atoms with E-state index in [-0.39, 0.29) is 25.6 Å². The fourth-order valence-electron chi connectivity index (χ4n) is 1.31. The zero-order valence-corrected chi connectivity index (χ0v) is 11.9. The van der Waals surface area contributed by atoms with Gasteiger partial charge in [0.1, 0.15) is 25.1 Å². The molecule has 1 rings (SSSR count). The zero-order valence-electron chi connectivity index (χ0n) is 11.9. The number of benzene rings is 1. The summed E-state index contributed by atoms with van der Waals surface area (Å²) in [4.78, 5) is 8.78. The average Bonchev–Trinajstić information content (AvgIpc) is 2.44. The molecule has 6 nitrogen and oxygen atoms in total. The van der Waals surface area contributed by atoms with Crippen LogP contribution < -0.4 is 10.5 Å². The molecule has 1 aromatic rings. The second-order valence-corrected chi connectivity index (χ2v) is 4.02. The first-order valence-corrected chi connectivity index (χ1v) is 6.15. The summed E-state index contributed by atoms with van der Waals surface area (Å²) in [7, 11) is 0. The minimum absolute atomic E-state index is 0.0240. The molecule has 0 aromatic heterocycles. The molecule has 128 valence electrons. The number of ether oxygens (including phenoxy) is 2. The molecule has 1 amide bonds. The van der Waals surface area contributed by atoms with Gasteiger partial charge in [-0.3, -0.25) is 0 Å². The molecule has 0 heterocycles. The van der Waals surface area contributed by atoms with Crippen molar-refractivity contribution in [3.8, 4) is 18.1 Å². The van der Waals surface area contributed by atoms with E-state index in [1.54, 1.807) is 0 Å². The number of rotatable bonds is 6. The number of nitrogens with two attached hydrogens (primary N) is 1. The Bertz CT molecular complexity index is 524. The highest BCUT2D eigenvalue weighted by Crippen LogP contribution is 2.35. The van der Waals surface area contributed by atoms with Crippen LogP contribution in [0.1, 0.15) is 5.56 Å². The van der Waals surface area contributed by atoms with Crippen molar-refractivity contribution in [1.29, 1.82) is 0 Å². The maximum atomic E-state index is 12.6. The molecule has 0 bridgehead atoms. The van der Waals surface area contributed by atoms with E-state index >= 15 is 0 Å². The fourth-order valence-corrected chi connectivity index (χ4v) is 1.31. The number of halogens is 3. The van der Waals surface area contributed by atoms with Gasteiger partial charge in [0.15, 0.2) is 0 Å². The number of hydrogen-bond acceptors (Lipinski definition) is 4. The van der Waals surface area contributed by atoms with Crippen molar-refractivity contribution in [2.75, 3.05) is 19.8 Å². The summed E-state index contributed by atoms with van der Waals surface area (Å²) < 4.78 is 47.7. The zero-order chi connectivity index (χ0) is 17.9. The molecule has 0 radical (unpaired) electrons. The van der Waals surface area contributed by atoms with E-state index in [0.29, 0.717) is 0 Å². The predicted octanol–water partition coefficient (Wildman–Crippen LogP) is 1.72. The third-order valence-corrected chi connectivity index (χ3v) is 2.12. The fraction of sp³-hybridized carbons (Fsp3) is 0.357. The van der Waals surface area contributed by atoms with E-state index in [0.717, 1.165) is 6.07 Å². The minimum atomic E-state index is -4.50. The van der Waals surface area contributed by atoms with Crippen LogP contribution in [0.15, 0.2) is 24.3 Å². The number of terminal acetylenes is 1. The van der Waals surface area contributed by atoms with E-state index in [2.05, 4.69) is 11.7 Å². The Morgan fingerprint density at radius 2 is 1.91 bits per heavy atom. The first kappa shape index (κ1) is 20.6. The Hall–Kier alpha value is -2.44. The van der Waals surface area contributed by atoms with Crippen LogP contribution in [-0.4, -0.2) is 42.2 Å². The maximum absolute atomic E-state index is 12.6. The molecule has 0 aliphatic rings. The number of primary amides is 1. The molecule has 0 aliphatic carbocycles. The lowest BCUT2D eigenvalue weighted by molar-refractivity contribution is -0.139. The standard InChI is InChI=1S/C13H13F3O3.CH3NO2/c1-2-7-18-8-10(17)9-19-12-6-4-3-5-11(12)13(14,15)16;2-1(3)4/h1,3-6,10,17H,7-9H2;2H2,(H,3,4). The van der Waals surface area contributed by atoms with Crippen LogP contribution >= 0.6 is 0 Å². The smallest absolute Gasteiger partial charge is 0.419 e. The van der Waals surface area contributed by atoms with Crippen molar-refractivity contribution in [2.45, 2.75) is 12.3 Å².